The summed E-state index contributed by atoms with van der Waals surface area (Å²) < 4.78 is 4.92. The van der Waals surface area contributed by atoms with E-state index in [0.717, 1.165) is 22.4 Å². The van der Waals surface area contributed by atoms with E-state index >= 15 is 0 Å². The summed E-state index contributed by atoms with van der Waals surface area (Å²) in [6.07, 6.45) is 3.99. The van der Waals surface area contributed by atoms with Gasteiger partial charge in [0.2, 0.25) is 5.95 Å². The van der Waals surface area contributed by atoms with Gasteiger partial charge in [0.1, 0.15) is 22.6 Å². The number of ketones is 1. The number of aromatic amines is 1. The van der Waals surface area contributed by atoms with Crippen molar-refractivity contribution < 1.29 is 9.53 Å². The molecule has 2 N–H and O–H groups in total. The number of fused-ring (bicyclic) bond motifs is 1. The fourth-order valence-electron chi connectivity index (χ4n) is 2.20. The van der Waals surface area contributed by atoms with Crippen LogP contribution in [0.25, 0.3) is 11.0 Å². The largest absolute Gasteiger partial charge is 0.381 e. The molecule has 0 aliphatic heterocycles. The summed E-state index contributed by atoms with van der Waals surface area (Å²) in [4.78, 5) is 25.3. The number of carbonyl (C=O) groups is 1. The van der Waals surface area contributed by atoms with Crippen LogP contribution in [0.15, 0.2) is 24.5 Å². The number of hydrogen-bond acceptors (Lipinski definition) is 8. The van der Waals surface area contributed by atoms with E-state index in [0.29, 0.717) is 31.4 Å². The number of carbonyl (C=O) groups excluding carboxylic acids is 1. The highest BCUT2D eigenvalue weighted by Gasteiger charge is 2.11. The third kappa shape index (κ3) is 6.27. The summed E-state index contributed by atoms with van der Waals surface area (Å²) in [7, 11) is 3.80. The van der Waals surface area contributed by atoms with Crippen LogP contribution in [-0.2, 0) is 9.53 Å². The molecule has 3 heterocycles. The molecule has 3 aromatic rings. The fraction of sp³-hybridized carbons (Fsp3) is 0.421. The first kappa shape index (κ1) is 21.2. The number of nitrogens with one attached hydrogen (secondary N) is 2. The summed E-state index contributed by atoms with van der Waals surface area (Å²) in [5.41, 5.74) is 2.66. The van der Waals surface area contributed by atoms with Crippen LogP contribution in [0.5, 0.6) is 0 Å². The number of rotatable bonds is 7. The van der Waals surface area contributed by atoms with Crippen molar-refractivity contribution in [2.45, 2.75) is 27.2 Å². The first-order valence-electron chi connectivity index (χ1n) is 9.06. The van der Waals surface area contributed by atoms with Gasteiger partial charge in [-0.15, -0.1) is 0 Å². The number of aromatic nitrogens is 5. The standard InChI is InChI=1S/C13H15N7.C6H12O2/c1-8-4-5-14-10(6-8)17-12-11-9(7-15-19-11)16-13(18-12)20(2)3;1-3-8-5-4-6(2)7/h4-7H,1-3H3,(H,15,19)(H,14,16,17,18);3-5H2,1-2H3. The topological polar surface area (TPSA) is 109 Å². The van der Waals surface area contributed by atoms with Crippen LogP contribution in [0.4, 0.5) is 17.6 Å². The van der Waals surface area contributed by atoms with Crippen LogP contribution in [0.1, 0.15) is 25.8 Å². The first-order chi connectivity index (χ1) is 13.4. The van der Waals surface area contributed by atoms with Crippen molar-refractivity contribution in [1.29, 1.82) is 0 Å². The highest BCUT2D eigenvalue weighted by molar-refractivity contribution is 5.87. The number of aryl methyl sites for hydroxylation is 1. The van der Waals surface area contributed by atoms with Gasteiger partial charge in [-0.25, -0.2) is 9.97 Å². The third-order valence-electron chi connectivity index (χ3n) is 3.65. The van der Waals surface area contributed by atoms with E-state index in [9.17, 15) is 4.79 Å². The van der Waals surface area contributed by atoms with Gasteiger partial charge < -0.3 is 15.0 Å². The zero-order valence-corrected chi connectivity index (χ0v) is 17.0. The van der Waals surface area contributed by atoms with Crippen LogP contribution in [0.3, 0.4) is 0 Å². The Labute approximate surface area is 164 Å². The molecule has 0 aromatic carbocycles. The molecule has 28 heavy (non-hydrogen) atoms. The van der Waals surface area contributed by atoms with Gasteiger partial charge in [-0.1, -0.05) is 0 Å². The van der Waals surface area contributed by atoms with Gasteiger partial charge in [0.05, 0.1) is 12.8 Å². The Kier molecular flexibility index (Phi) is 7.82. The van der Waals surface area contributed by atoms with E-state index < -0.39 is 0 Å². The molecule has 0 unspecified atom stereocenters. The highest BCUT2D eigenvalue weighted by atomic mass is 16.5. The van der Waals surface area contributed by atoms with E-state index in [1.807, 2.05) is 45.0 Å². The number of hydrogen-bond donors (Lipinski definition) is 2. The lowest BCUT2D eigenvalue weighted by Crippen LogP contribution is -2.13. The highest BCUT2D eigenvalue weighted by Crippen LogP contribution is 2.23. The Bertz CT molecular complexity index is 908. The quantitative estimate of drug-likeness (QED) is 0.598. The molecule has 0 atom stereocenters. The Balaban J connectivity index is 0.000000300. The Morgan fingerprint density at radius 3 is 2.75 bits per heavy atom. The Morgan fingerprint density at radius 1 is 1.32 bits per heavy atom. The van der Waals surface area contributed by atoms with Crippen LogP contribution in [0.2, 0.25) is 0 Å². The van der Waals surface area contributed by atoms with Gasteiger partial charge >= 0.3 is 0 Å². The zero-order valence-electron chi connectivity index (χ0n) is 17.0. The molecule has 3 rings (SSSR count). The van der Waals surface area contributed by atoms with Crippen molar-refractivity contribution in [3.05, 3.63) is 30.1 Å². The summed E-state index contributed by atoms with van der Waals surface area (Å²) in [5.74, 6) is 2.21. The average molecular weight is 385 g/mol. The van der Waals surface area contributed by atoms with Gasteiger partial charge in [-0.3, -0.25) is 9.89 Å². The first-order valence-corrected chi connectivity index (χ1v) is 9.06. The van der Waals surface area contributed by atoms with E-state index in [1.165, 1.54) is 0 Å². The molecule has 0 spiro atoms. The van der Waals surface area contributed by atoms with Gasteiger partial charge in [0, 0.05) is 33.3 Å². The maximum absolute atomic E-state index is 10.2. The van der Waals surface area contributed by atoms with E-state index in [4.69, 9.17) is 4.74 Å². The van der Waals surface area contributed by atoms with E-state index in [-0.39, 0.29) is 5.78 Å². The molecule has 0 fully saturated rings. The second kappa shape index (κ2) is 10.3. The lowest BCUT2D eigenvalue weighted by molar-refractivity contribution is -0.118. The SMILES string of the molecule is CCOCCC(C)=O.Cc1ccnc(Nc2nc(N(C)C)nc3cn[nH]c23)c1. The molecule has 9 heteroatoms. The molecule has 0 bridgehead atoms. The fourth-order valence-corrected chi connectivity index (χ4v) is 2.20. The molecule has 9 nitrogen and oxygen atoms in total. The lowest BCUT2D eigenvalue weighted by atomic mass is 10.3. The minimum Gasteiger partial charge on any atom is -0.381 e. The monoisotopic (exact) mass is 385 g/mol. The van der Waals surface area contributed by atoms with Crippen molar-refractivity contribution >= 4 is 34.4 Å². The summed E-state index contributed by atoms with van der Waals surface area (Å²) in [6, 6.07) is 3.90. The molecular weight excluding hydrogens is 358 g/mol. The predicted octanol–water partition coefficient (Wildman–Crippen LogP) is 2.87. The van der Waals surface area contributed by atoms with Crippen LogP contribution in [0, 0.1) is 6.92 Å². The average Bonchev–Trinajstić information content (AvgIpc) is 3.11. The minimum atomic E-state index is 0.193. The van der Waals surface area contributed by atoms with Crippen molar-refractivity contribution in [1.82, 2.24) is 25.1 Å². The summed E-state index contributed by atoms with van der Waals surface area (Å²) >= 11 is 0. The van der Waals surface area contributed by atoms with Crippen molar-refractivity contribution in [2.24, 2.45) is 0 Å². The van der Waals surface area contributed by atoms with Crippen LogP contribution in [-0.4, -0.2) is 58.2 Å². The van der Waals surface area contributed by atoms with Gasteiger partial charge in [-0.2, -0.15) is 10.1 Å². The number of H-pyrrole nitrogens is 1. The molecule has 0 aliphatic carbocycles. The molecule has 0 saturated heterocycles. The van der Waals surface area contributed by atoms with Crippen molar-refractivity contribution in [3.63, 3.8) is 0 Å². The van der Waals surface area contributed by atoms with E-state index in [1.54, 1.807) is 19.3 Å². The minimum absolute atomic E-state index is 0.193. The molecule has 3 aromatic heterocycles. The van der Waals surface area contributed by atoms with E-state index in [2.05, 4.69) is 30.5 Å². The lowest BCUT2D eigenvalue weighted by Gasteiger charge is -2.12. The maximum Gasteiger partial charge on any atom is 0.227 e. The molecule has 0 radical (unpaired) electrons. The van der Waals surface area contributed by atoms with Crippen LogP contribution >= 0.6 is 0 Å². The predicted molar refractivity (Wildman–Crippen MR) is 110 cm³/mol. The second-order valence-electron chi connectivity index (χ2n) is 6.39. The Hall–Kier alpha value is -3.07. The van der Waals surface area contributed by atoms with Gasteiger partial charge in [0.15, 0.2) is 5.82 Å². The molecular formula is C19H27N7O2. The Morgan fingerprint density at radius 2 is 2.11 bits per heavy atom. The van der Waals surface area contributed by atoms with Gasteiger partial charge in [0.25, 0.3) is 0 Å². The smallest absolute Gasteiger partial charge is 0.227 e. The number of anilines is 3. The molecule has 0 aliphatic rings. The summed E-state index contributed by atoms with van der Waals surface area (Å²) in [5, 5.41) is 10.1. The number of pyridine rings is 1. The normalized spacial score (nSPS) is 10.3. The third-order valence-corrected chi connectivity index (χ3v) is 3.65. The zero-order chi connectivity index (χ0) is 20.5. The molecule has 150 valence electrons. The van der Waals surface area contributed by atoms with Crippen molar-refractivity contribution in [3.8, 4) is 0 Å². The van der Waals surface area contributed by atoms with Gasteiger partial charge in [-0.05, 0) is 38.5 Å². The van der Waals surface area contributed by atoms with Crippen molar-refractivity contribution in [2.75, 3.05) is 37.5 Å². The van der Waals surface area contributed by atoms with Crippen LogP contribution < -0.4 is 10.2 Å². The maximum atomic E-state index is 10.2. The number of ether oxygens (including phenoxy) is 1. The molecule has 0 saturated carbocycles. The molecule has 0 amide bonds. The number of nitrogens with zero attached hydrogens (tertiary/aromatic N) is 5. The summed E-state index contributed by atoms with van der Waals surface area (Å²) in [6.45, 7) is 6.78. The number of Topliss-reactive ketones (excluding diaryl/α,β-unsaturated/α-hetero) is 1. The second-order valence-corrected chi connectivity index (χ2v) is 6.39.